The van der Waals surface area contributed by atoms with E-state index < -0.39 is 16.6 Å². The number of hydrogen-bond acceptors (Lipinski definition) is 6. The van der Waals surface area contributed by atoms with Crippen LogP contribution in [0.5, 0.6) is 11.6 Å². The number of rotatable bonds is 7. The van der Waals surface area contributed by atoms with Crippen LogP contribution in [0, 0.1) is 5.82 Å². The van der Waals surface area contributed by atoms with Crippen LogP contribution in [0.1, 0.15) is 37.7 Å². The quantitative estimate of drug-likeness (QED) is 0.165. The summed E-state index contributed by atoms with van der Waals surface area (Å²) in [6, 6.07) is 13.2. The van der Waals surface area contributed by atoms with Crippen LogP contribution < -0.4 is 9.47 Å². The Bertz CT molecular complexity index is 1740. The summed E-state index contributed by atoms with van der Waals surface area (Å²) < 4.78 is 26.0. The Labute approximate surface area is 244 Å². The van der Waals surface area contributed by atoms with E-state index in [0.29, 0.717) is 51.1 Å². The van der Waals surface area contributed by atoms with Crippen LogP contribution in [0.3, 0.4) is 0 Å². The van der Waals surface area contributed by atoms with E-state index in [-0.39, 0.29) is 27.7 Å². The Hall–Kier alpha value is -3.78. The number of nitrogens with zero attached hydrogens (tertiary/aromatic N) is 2. The van der Waals surface area contributed by atoms with E-state index in [1.165, 1.54) is 20.3 Å². The maximum Gasteiger partial charge on any atom is 0.227 e. The number of fused-ring (bicyclic) bond motifs is 1. The molecule has 2 aromatic carbocycles. The Morgan fingerprint density at radius 2 is 1.73 bits per heavy atom. The summed E-state index contributed by atoms with van der Waals surface area (Å²) in [4.78, 5) is 32.6. The normalized spacial score (nSPS) is 18.4. The molecule has 4 aromatic rings. The van der Waals surface area contributed by atoms with Crippen molar-refractivity contribution < 1.29 is 23.5 Å². The molecule has 0 N–H and O–H groups in total. The summed E-state index contributed by atoms with van der Waals surface area (Å²) in [6.45, 7) is 0. The number of benzene rings is 2. The van der Waals surface area contributed by atoms with Crippen molar-refractivity contribution in [3.63, 3.8) is 0 Å². The van der Waals surface area contributed by atoms with Gasteiger partial charge in [0.2, 0.25) is 5.88 Å². The van der Waals surface area contributed by atoms with E-state index in [4.69, 9.17) is 49.3 Å². The minimum absolute atomic E-state index is 0.140. The predicted octanol–water partition coefficient (Wildman–Crippen LogP) is 7.26. The lowest BCUT2D eigenvalue weighted by Crippen LogP contribution is -2.40. The third-order valence-electron chi connectivity index (χ3n) is 6.87. The Balaban J connectivity index is 1.84. The molecule has 0 bridgehead atoms. The van der Waals surface area contributed by atoms with Crippen LogP contribution >= 0.6 is 34.8 Å². The molecule has 2 unspecified atom stereocenters. The maximum absolute atomic E-state index is 15.3. The summed E-state index contributed by atoms with van der Waals surface area (Å²) in [7, 11) is 2.73. The van der Waals surface area contributed by atoms with E-state index in [9.17, 15) is 9.59 Å². The van der Waals surface area contributed by atoms with Gasteiger partial charge < -0.3 is 9.47 Å². The molecular weight excluding hydrogens is 578 g/mol. The third-order valence-corrected chi connectivity index (χ3v) is 8.06. The molecule has 1 aliphatic carbocycles. The first-order valence-corrected chi connectivity index (χ1v) is 13.1. The largest absolute Gasteiger partial charge is 0.495 e. The number of halogens is 4. The number of ether oxygens (including phenoxy) is 2. The van der Waals surface area contributed by atoms with Gasteiger partial charge in [-0.3, -0.25) is 9.59 Å². The van der Waals surface area contributed by atoms with Crippen LogP contribution in [0.15, 0.2) is 66.8 Å². The first-order valence-electron chi connectivity index (χ1n) is 11.9. The topological polar surface area (TPSA) is 78.4 Å². The summed E-state index contributed by atoms with van der Waals surface area (Å²) in [5.41, 5.74) is 0.709. The summed E-state index contributed by atoms with van der Waals surface area (Å²) in [5, 5.41) is 0.265. The van der Waals surface area contributed by atoms with Gasteiger partial charge in [-0.25, -0.2) is 14.4 Å². The first kappa shape index (κ1) is 27.8. The van der Waals surface area contributed by atoms with Crippen LogP contribution in [-0.2, 0) is 5.41 Å². The van der Waals surface area contributed by atoms with Gasteiger partial charge in [0.15, 0.2) is 12.6 Å². The fraction of sp³-hybridized carbons (Fsp3) is 0.133. The predicted molar refractivity (Wildman–Crippen MR) is 154 cm³/mol. The first-order chi connectivity index (χ1) is 19.3. The van der Waals surface area contributed by atoms with Gasteiger partial charge in [-0.05, 0) is 41.5 Å². The van der Waals surface area contributed by atoms with E-state index in [0.717, 1.165) is 6.07 Å². The van der Waals surface area contributed by atoms with Crippen LogP contribution in [0.4, 0.5) is 4.39 Å². The lowest BCUT2D eigenvalue weighted by Gasteiger charge is -2.38. The van der Waals surface area contributed by atoms with Crippen molar-refractivity contribution in [2.75, 3.05) is 14.2 Å². The molecule has 0 spiro atoms. The molecule has 0 saturated carbocycles. The smallest absolute Gasteiger partial charge is 0.227 e. The van der Waals surface area contributed by atoms with Gasteiger partial charge in [0, 0.05) is 10.4 Å². The van der Waals surface area contributed by atoms with Crippen molar-refractivity contribution in [3.8, 4) is 11.6 Å². The molecule has 0 fully saturated rings. The van der Waals surface area contributed by atoms with Gasteiger partial charge in [-0.15, -0.1) is 11.6 Å². The van der Waals surface area contributed by atoms with Crippen molar-refractivity contribution in [1.82, 2.24) is 9.97 Å². The van der Waals surface area contributed by atoms with Crippen molar-refractivity contribution in [2.24, 2.45) is 0 Å². The SMILES string of the molecule is COc1nc(C2(c3ccc4c(OC)c(C=O)cc(Cl)c4n3)C=CC=C(c3ccccc3Cl)C2Cl)cc(F)c1C=O. The van der Waals surface area contributed by atoms with Crippen LogP contribution in [-0.4, -0.2) is 42.1 Å². The maximum atomic E-state index is 15.3. The highest BCUT2D eigenvalue weighted by atomic mass is 35.5. The average Bonchev–Trinajstić information content (AvgIpc) is 2.97. The monoisotopic (exact) mass is 596 g/mol. The third kappa shape index (κ3) is 4.35. The highest BCUT2D eigenvalue weighted by molar-refractivity contribution is 6.36. The van der Waals surface area contributed by atoms with Gasteiger partial charge in [0.1, 0.15) is 17.1 Å². The highest BCUT2D eigenvalue weighted by Crippen LogP contribution is 2.49. The molecule has 5 rings (SSSR count). The van der Waals surface area contributed by atoms with E-state index in [2.05, 4.69) is 4.98 Å². The number of pyridine rings is 2. The molecule has 40 heavy (non-hydrogen) atoms. The Morgan fingerprint density at radius 1 is 0.950 bits per heavy atom. The van der Waals surface area contributed by atoms with Gasteiger partial charge in [-0.1, -0.05) is 59.6 Å². The summed E-state index contributed by atoms with van der Waals surface area (Å²) >= 11 is 20.4. The molecule has 0 aliphatic heterocycles. The Morgan fingerprint density at radius 3 is 2.40 bits per heavy atom. The second-order valence-electron chi connectivity index (χ2n) is 8.91. The summed E-state index contributed by atoms with van der Waals surface area (Å²) in [6.07, 6.45) is 6.32. The van der Waals surface area contributed by atoms with Crippen LogP contribution in [0.2, 0.25) is 10.0 Å². The van der Waals surface area contributed by atoms with Gasteiger partial charge >= 0.3 is 0 Å². The molecule has 0 saturated heterocycles. The van der Waals surface area contributed by atoms with Gasteiger partial charge in [0.25, 0.3) is 0 Å². The second-order valence-corrected chi connectivity index (χ2v) is 10.2. The van der Waals surface area contributed by atoms with E-state index >= 15 is 4.39 Å². The van der Waals surface area contributed by atoms with Gasteiger partial charge in [-0.2, -0.15) is 0 Å². The zero-order valence-electron chi connectivity index (χ0n) is 21.1. The molecule has 6 nitrogen and oxygen atoms in total. The molecule has 202 valence electrons. The van der Waals surface area contributed by atoms with E-state index in [1.54, 1.807) is 36.4 Å². The molecule has 2 atom stereocenters. The lowest BCUT2D eigenvalue weighted by molar-refractivity contribution is 0.111. The van der Waals surface area contributed by atoms with E-state index in [1.807, 2.05) is 18.2 Å². The number of carbonyl (C=O) groups excluding carboxylic acids is 2. The minimum Gasteiger partial charge on any atom is -0.495 e. The number of aldehydes is 2. The molecule has 2 heterocycles. The molecule has 1 aliphatic rings. The van der Waals surface area contributed by atoms with Gasteiger partial charge in [0.05, 0.1) is 52.5 Å². The Kier molecular flexibility index (Phi) is 7.64. The fourth-order valence-corrected chi connectivity index (χ4v) is 5.97. The molecule has 10 heteroatoms. The number of carbonyl (C=O) groups is 2. The second kappa shape index (κ2) is 11.0. The molecule has 2 aromatic heterocycles. The number of allylic oxidation sites excluding steroid dienone is 4. The van der Waals surface area contributed by atoms with Crippen molar-refractivity contribution in [3.05, 3.63) is 111 Å². The number of aromatic nitrogens is 2. The molecular formula is C30H20Cl3FN2O4. The van der Waals surface area contributed by atoms with Crippen LogP contribution in [0.25, 0.3) is 16.5 Å². The standard InChI is InChI=1S/C30H20Cl3FN2O4/c1-39-27-16(14-37)12-22(32)26-19(27)9-10-24(35-26)30(25-13-23(34)20(15-38)29(36-25)40-2)11-5-7-18(28(30)33)17-6-3-4-8-21(17)31/h3-15,28H,1-2H3. The average molecular weight is 598 g/mol. The lowest BCUT2D eigenvalue weighted by atomic mass is 9.70. The van der Waals surface area contributed by atoms with Crippen molar-refractivity contribution in [1.29, 1.82) is 0 Å². The number of hydrogen-bond donors (Lipinski definition) is 0. The molecule has 0 amide bonds. The van der Waals surface area contributed by atoms with Crippen molar-refractivity contribution in [2.45, 2.75) is 10.8 Å². The highest BCUT2D eigenvalue weighted by Gasteiger charge is 2.46. The fourth-order valence-electron chi connectivity index (χ4n) is 4.97. The molecule has 0 radical (unpaired) electrons. The summed E-state index contributed by atoms with van der Waals surface area (Å²) in [5.74, 6) is -0.730. The zero-order chi connectivity index (χ0) is 28.6. The zero-order valence-corrected chi connectivity index (χ0v) is 23.4. The number of methoxy groups -OCH3 is 2. The number of alkyl halides is 1. The van der Waals surface area contributed by atoms with Crippen molar-refractivity contribution >= 4 is 63.9 Å². The minimum atomic E-state index is -1.38.